The molecule has 7 heteroatoms. The van der Waals surface area contributed by atoms with Gasteiger partial charge in [-0.3, -0.25) is 0 Å². The molecule has 1 aromatic carbocycles. The highest BCUT2D eigenvalue weighted by Gasteiger charge is 2.09. The Balaban J connectivity index is 1.35. The molecule has 0 unspecified atom stereocenters. The van der Waals surface area contributed by atoms with E-state index < -0.39 is 9.84 Å². The molecule has 33 heavy (non-hydrogen) atoms. The van der Waals surface area contributed by atoms with Gasteiger partial charge in [0.1, 0.15) is 15.4 Å². The lowest BCUT2D eigenvalue weighted by Crippen LogP contribution is -2.08. The average Bonchev–Trinajstić information content (AvgIpc) is 2.82. The molecule has 0 N–H and O–H groups in total. The van der Waals surface area contributed by atoms with Crippen molar-refractivity contribution in [2.75, 3.05) is 18.1 Å². The van der Waals surface area contributed by atoms with Crippen molar-refractivity contribution in [2.45, 2.75) is 58.3 Å². The van der Waals surface area contributed by atoms with Crippen LogP contribution in [0.15, 0.2) is 57.9 Å². The van der Waals surface area contributed by atoms with Crippen LogP contribution in [-0.2, 0) is 9.84 Å². The summed E-state index contributed by atoms with van der Waals surface area (Å²) in [6.07, 6.45) is 9.97. The van der Waals surface area contributed by atoms with Gasteiger partial charge >= 0.3 is 5.63 Å². The standard InChI is InChI=1S/C26H33NO5S/c1-2-33(29,30)17-13-8-6-4-3-5-7-12-16-31-25-19-24-22(20-27-25)18-23(26(28)32-24)21-14-10-9-11-15-21/h9-11,14-15,18-20H,2-8,12-13,16-17H2,1H3. The number of ether oxygens (including phenoxy) is 1. The monoisotopic (exact) mass is 471 g/mol. The Kier molecular flexibility index (Phi) is 9.48. The summed E-state index contributed by atoms with van der Waals surface area (Å²) in [7, 11) is -2.82. The van der Waals surface area contributed by atoms with E-state index in [2.05, 4.69) is 4.98 Å². The molecule has 0 saturated heterocycles. The highest BCUT2D eigenvalue weighted by molar-refractivity contribution is 7.91. The zero-order valence-corrected chi connectivity index (χ0v) is 20.1. The Morgan fingerprint density at radius 3 is 2.27 bits per heavy atom. The SMILES string of the molecule is CCS(=O)(=O)CCCCCCCCCCOc1cc2oc(=O)c(-c3ccccc3)cc2cn1. The third-order valence-electron chi connectivity index (χ3n) is 5.72. The molecule has 6 nitrogen and oxygen atoms in total. The van der Waals surface area contributed by atoms with Gasteiger partial charge in [-0.05, 0) is 24.5 Å². The first-order valence-corrected chi connectivity index (χ1v) is 13.6. The largest absolute Gasteiger partial charge is 0.478 e. The lowest BCUT2D eigenvalue weighted by molar-refractivity contribution is 0.293. The zero-order chi connectivity index (χ0) is 23.5. The van der Waals surface area contributed by atoms with Crippen molar-refractivity contribution in [3.05, 3.63) is 59.1 Å². The summed E-state index contributed by atoms with van der Waals surface area (Å²) in [5.74, 6) is 1.02. The minimum absolute atomic E-state index is 0.243. The molecule has 0 bridgehead atoms. The van der Waals surface area contributed by atoms with Crippen LogP contribution in [0.4, 0.5) is 0 Å². The second-order valence-corrected chi connectivity index (χ2v) is 10.8. The molecule has 0 atom stereocenters. The normalized spacial score (nSPS) is 11.7. The lowest BCUT2D eigenvalue weighted by atomic mass is 10.1. The van der Waals surface area contributed by atoms with Gasteiger partial charge in [0.25, 0.3) is 0 Å². The summed E-state index contributed by atoms with van der Waals surface area (Å²) in [5, 5.41) is 0.757. The number of rotatable bonds is 14. The minimum Gasteiger partial charge on any atom is -0.478 e. The van der Waals surface area contributed by atoms with E-state index in [1.54, 1.807) is 25.3 Å². The maximum Gasteiger partial charge on any atom is 0.344 e. The molecular formula is C26H33NO5S. The summed E-state index contributed by atoms with van der Waals surface area (Å²) in [6, 6.07) is 12.9. The van der Waals surface area contributed by atoms with E-state index in [1.165, 1.54) is 0 Å². The van der Waals surface area contributed by atoms with Crippen molar-refractivity contribution in [2.24, 2.45) is 0 Å². The van der Waals surface area contributed by atoms with Gasteiger partial charge in [0.2, 0.25) is 5.88 Å². The molecule has 0 saturated carbocycles. The third-order valence-corrected chi connectivity index (χ3v) is 7.51. The van der Waals surface area contributed by atoms with Crippen LogP contribution in [0.1, 0.15) is 58.3 Å². The number of benzene rings is 1. The minimum atomic E-state index is -2.82. The fourth-order valence-electron chi connectivity index (χ4n) is 3.70. The smallest absolute Gasteiger partial charge is 0.344 e. The van der Waals surface area contributed by atoms with Crippen LogP contribution in [-0.4, -0.2) is 31.5 Å². The molecule has 3 rings (SSSR count). The topological polar surface area (TPSA) is 86.5 Å². The molecule has 0 radical (unpaired) electrons. The van der Waals surface area contributed by atoms with E-state index in [0.717, 1.165) is 62.3 Å². The second kappa shape index (κ2) is 12.5. The van der Waals surface area contributed by atoms with Crippen LogP contribution in [0.5, 0.6) is 5.88 Å². The number of sulfone groups is 1. The van der Waals surface area contributed by atoms with Crippen LogP contribution in [0, 0.1) is 0 Å². The number of aromatic nitrogens is 1. The molecule has 0 fully saturated rings. The van der Waals surface area contributed by atoms with Gasteiger partial charge in [-0.25, -0.2) is 18.2 Å². The van der Waals surface area contributed by atoms with Gasteiger partial charge in [-0.1, -0.05) is 75.8 Å². The Morgan fingerprint density at radius 2 is 1.58 bits per heavy atom. The van der Waals surface area contributed by atoms with Gasteiger partial charge in [-0.2, -0.15) is 0 Å². The molecular weight excluding hydrogens is 438 g/mol. The third kappa shape index (κ3) is 8.00. The summed E-state index contributed by atoms with van der Waals surface area (Å²) in [5.41, 5.74) is 1.43. The van der Waals surface area contributed by atoms with Crippen molar-refractivity contribution in [3.63, 3.8) is 0 Å². The Bertz CT molecular complexity index is 1170. The Labute approximate surface area is 195 Å². The van der Waals surface area contributed by atoms with Crippen LogP contribution in [0.2, 0.25) is 0 Å². The molecule has 0 aliphatic carbocycles. The van der Waals surface area contributed by atoms with Crippen LogP contribution >= 0.6 is 0 Å². The van der Waals surface area contributed by atoms with E-state index in [9.17, 15) is 13.2 Å². The van der Waals surface area contributed by atoms with Crippen LogP contribution < -0.4 is 10.4 Å². The summed E-state index contributed by atoms with van der Waals surface area (Å²) in [4.78, 5) is 16.7. The van der Waals surface area contributed by atoms with Crippen molar-refractivity contribution in [1.82, 2.24) is 4.98 Å². The molecule has 3 aromatic rings. The van der Waals surface area contributed by atoms with E-state index >= 15 is 0 Å². The van der Waals surface area contributed by atoms with Crippen LogP contribution in [0.25, 0.3) is 22.1 Å². The van der Waals surface area contributed by atoms with Gasteiger partial charge in [0.15, 0.2) is 0 Å². The lowest BCUT2D eigenvalue weighted by Gasteiger charge is -2.07. The molecule has 0 spiro atoms. The number of hydrogen-bond acceptors (Lipinski definition) is 6. The molecule has 0 aliphatic rings. The van der Waals surface area contributed by atoms with Crippen molar-refractivity contribution < 1.29 is 17.6 Å². The zero-order valence-electron chi connectivity index (χ0n) is 19.3. The average molecular weight is 472 g/mol. The van der Waals surface area contributed by atoms with Crippen molar-refractivity contribution in [1.29, 1.82) is 0 Å². The first-order chi connectivity index (χ1) is 16.0. The fraction of sp³-hybridized carbons (Fsp3) is 0.462. The molecule has 178 valence electrons. The summed E-state index contributed by atoms with van der Waals surface area (Å²) in [6.45, 7) is 2.27. The summed E-state index contributed by atoms with van der Waals surface area (Å²) >= 11 is 0. The predicted octanol–water partition coefficient (Wildman–Crippen LogP) is 5.79. The van der Waals surface area contributed by atoms with Gasteiger partial charge in [0.05, 0.1) is 17.9 Å². The number of hydrogen-bond donors (Lipinski definition) is 0. The Morgan fingerprint density at radius 1 is 0.909 bits per heavy atom. The number of fused-ring (bicyclic) bond motifs is 1. The maximum absolute atomic E-state index is 12.4. The predicted molar refractivity (Wildman–Crippen MR) is 132 cm³/mol. The van der Waals surface area contributed by atoms with Crippen molar-refractivity contribution >= 4 is 20.8 Å². The number of nitrogens with zero attached hydrogens (tertiary/aromatic N) is 1. The van der Waals surface area contributed by atoms with E-state index in [0.29, 0.717) is 29.4 Å². The highest BCUT2D eigenvalue weighted by atomic mass is 32.2. The highest BCUT2D eigenvalue weighted by Crippen LogP contribution is 2.22. The molecule has 2 heterocycles. The van der Waals surface area contributed by atoms with E-state index in [1.807, 2.05) is 30.3 Å². The number of pyridine rings is 1. The van der Waals surface area contributed by atoms with Gasteiger partial charge < -0.3 is 9.15 Å². The Hall–Kier alpha value is -2.67. The molecule has 2 aromatic heterocycles. The van der Waals surface area contributed by atoms with Crippen molar-refractivity contribution in [3.8, 4) is 17.0 Å². The first kappa shape index (κ1) is 25.0. The first-order valence-electron chi connectivity index (χ1n) is 11.8. The maximum atomic E-state index is 12.4. The second-order valence-electron chi connectivity index (χ2n) is 8.29. The summed E-state index contributed by atoms with van der Waals surface area (Å²) < 4.78 is 34.1. The van der Waals surface area contributed by atoms with E-state index in [-0.39, 0.29) is 11.4 Å². The van der Waals surface area contributed by atoms with E-state index in [4.69, 9.17) is 9.15 Å². The quantitative estimate of drug-likeness (QED) is 0.277. The van der Waals surface area contributed by atoms with Crippen LogP contribution in [0.3, 0.4) is 0 Å². The van der Waals surface area contributed by atoms with Gasteiger partial charge in [0, 0.05) is 23.4 Å². The molecule has 0 amide bonds. The fourth-order valence-corrected chi connectivity index (χ4v) is 4.63. The molecule has 0 aliphatic heterocycles. The number of unbranched alkanes of at least 4 members (excludes halogenated alkanes) is 7. The van der Waals surface area contributed by atoms with Gasteiger partial charge in [-0.15, -0.1) is 0 Å².